The molecule has 4 nitrogen and oxygen atoms in total. The number of rotatable bonds is 3. The van der Waals surface area contributed by atoms with Crippen LogP contribution in [0.3, 0.4) is 0 Å². The number of nitrogens with one attached hydrogen (secondary N) is 1. The van der Waals surface area contributed by atoms with Gasteiger partial charge in [-0.2, -0.15) is 0 Å². The number of hydrogen-bond acceptors (Lipinski definition) is 4. The molecule has 4 heteroatoms. The summed E-state index contributed by atoms with van der Waals surface area (Å²) >= 11 is 0. The molecule has 0 amide bonds. The zero-order valence-electron chi connectivity index (χ0n) is 11.5. The van der Waals surface area contributed by atoms with E-state index >= 15 is 0 Å². The SMILES string of the molecule is CN1CCCc2cccc(OCC3CNCCO3)c21. The first kappa shape index (κ1) is 12.8. The Morgan fingerprint density at radius 1 is 1.47 bits per heavy atom. The second kappa shape index (κ2) is 5.80. The van der Waals surface area contributed by atoms with Crippen LogP contribution in [0, 0.1) is 0 Å². The highest BCUT2D eigenvalue weighted by Gasteiger charge is 2.20. The first-order valence-electron chi connectivity index (χ1n) is 7.13. The highest BCUT2D eigenvalue weighted by atomic mass is 16.5. The third kappa shape index (κ3) is 2.85. The molecule has 2 aliphatic heterocycles. The van der Waals surface area contributed by atoms with Crippen molar-refractivity contribution in [2.24, 2.45) is 0 Å². The van der Waals surface area contributed by atoms with Gasteiger partial charge in [0.2, 0.25) is 0 Å². The second-order valence-electron chi connectivity index (χ2n) is 5.30. The average molecular weight is 262 g/mol. The van der Waals surface area contributed by atoms with Crippen molar-refractivity contribution in [2.45, 2.75) is 18.9 Å². The molecule has 1 fully saturated rings. The van der Waals surface area contributed by atoms with Crippen LogP contribution >= 0.6 is 0 Å². The summed E-state index contributed by atoms with van der Waals surface area (Å²) in [6, 6.07) is 6.36. The van der Waals surface area contributed by atoms with Crippen LogP contribution in [0.25, 0.3) is 0 Å². The Morgan fingerprint density at radius 3 is 3.26 bits per heavy atom. The number of nitrogens with zero attached hydrogens (tertiary/aromatic N) is 1. The van der Waals surface area contributed by atoms with E-state index < -0.39 is 0 Å². The van der Waals surface area contributed by atoms with Crippen molar-refractivity contribution in [3.05, 3.63) is 23.8 Å². The molecule has 19 heavy (non-hydrogen) atoms. The molecule has 1 aromatic rings. The van der Waals surface area contributed by atoms with Gasteiger partial charge in [-0.3, -0.25) is 0 Å². The van der Waals surface area contributed by atoms with Gasteiger partial charge in [0.1, 0.15) is 18.5 Å². The number of aryl methyl sites for hydroxylation is 1. The summed E-state index contributed by atoms with van der Waals surface area (Å²) < 4.78 is 11.7. The molecule has 104 valence electrons. The Labute approximate surface area is 114 Å². The molecule has 0 saturated carbocycles. The van der Waals surface area contributed by atoms with Crippen molar-refractivity contribution in [1.82, 2.24) is 5.32 Å². The van der Waals surface area contributed by atoms with Gasteiger partial charge >= 0.3 is 0 Å². The third-order valence-corrected chi connectivity index (χ3v) is 3.83. The molecular weight excluding hydrogens is 240 g/mol. The molecule has 2 aliphatic rings. The quantitative estimate of drug-likeness (QED) is 0.893. The number of hydrogen-bond donors (Lipinski definition) is 1. The van der Waals surface area contributed by atoms with E-state index in [1.54, 1.807) is 0 Å². The second-order valence-corrected chi connectivity index (χ2v) is 5.30. The molecule has 0 aromatic heterocycles. The zero-order chi connectivity index (χ0) is 13.1. The van der Waals surface area contributed by atoms with Crippen LogP contribution in [0.1, 0.15) is 12.0 Å². The van der Waals surface area contributed by atoms with E-state index in [9.17, 15) is 0 Å². The van der Waals surface area contributed by atoms with E-state index in [4.69, 9.17) is 9.47 Å². The molecule has 0 bridgehead atoms. The number of fused-ring (bicyclic) bond motifs is 1. The Kier molecular flexibility index (Phi) is 3.89. The van der Waals surface area contributed by atoms with Crippen molar-refractivity contribution in [1.29, 1.82) is 0 Å². The summed E-state index contributed by atoms with van der Waals surface area (Å²) in [6.07, 6.45) is 2.54. The maximum atomic E-state index is 6.01. The summed E-state index contributed by atoms with van der Waals surface area (Å²) in [5, 5.41) is 3.33. The lowest BCUT2D eigenvalue weighted by Crippen LogP contribution is -2.41. The van der Waals surface area contributed by atoms with Gasteiger partial charge in [-0.1, -0.05) is 12.1 Å². The molecular formula is C15H22N2O2. The van der Waals surface area contributed by atoms with Crippen LogP contribution in [0.2, 0.25) is 0 Å². The van der Waals surface area contributed by atoms with E-state index in [-0.39, 0.29) is 6.10 Å². The number of morpholine rings is 1. The lowest BCUT2D eigenvalue weighted by Gasteiger charge is -2.30. The van der Waals surface area contributed by atoms with Crippen LogP contribution < -0.4 is 15.0 Å². The van der Waals surface area contributed by atoms with Crippen molar-refractivity contribution in [3.63, 3.8) is 0 Å². The molecule has 1 aromatic carbocycles. The summed E-state index contributed by atoms with van der Waals surface area (Å²) in [4.78, 5) is 2.30. The topological polar surface area (TPSA) is 33.7 Å². The lowest BCUT2D eigenvalue weighted by atomic mass is 10.0. The minimum atomic E-state index is 0.165. The number of ether oxygens (including phenoxy) is 2. The molecule has 1 saturated heterocycles. The van der Waals surface area contributed by atoms with E-state index in [2.05, 4.69) is 35.5 Å². The molecule has 1 N–H and O–H groups in total. The fraction of sp³-hybridized carbons (Fsp3) is 0.600. The number of para-hydroxylation sites is 1. The normalized spacial score (nSPS) is 23.0. The van der Waals surface area contributed by atoms with Gasteiger partial charge in [0.25, 0.3) is 0 Å². The lowest BCUT2D eigenvalue weighted by molar-refractivity contribution is 0.000274. The number of anilines is 1. The van der Waals surface area contributed by atoms with Crippen molar-refractivity contribution in [3.8, 4) is 5.75 Å². The molecule has 0 aliphatic carbocycles. The maximum absolute atomic E-state index is 6.01. The monoisotopic (exact) mass is 262 g/mol. The average Bonchev–Trinajstić information content (AvgIpc) is 2.46. The van der Waals surface area contributed by atoms with E-state index in [1.807, 2.05) is 0 Å². The fourth-order valence-corrected chi connectivity index (χ4v) is 2.85. The van der Waals surface area contributed by atoms with Crippen LogP contribution in [-0.4, -0.2) is 46.0 Å². The largest absolute Gasteiger partial charge is 0.489 e. The summed E-state index contributed by atoms with van der Waals surface area (Å²) in [7, 11) is 2.14. The third-order valence-electron chi connectivity index (χ3n) is 3.83. The minimum absolute atomic E-state index is 0.165. The predicted molar refractivity (Wildman–Crippen MR) is 76.1 cm³/mol. The van der Waals surface area contributed by atoms with Gasteiger partial charge in [-0.05, 0) is 24.5 Å². The molecule has 2 heterocycles. The van der Waals surface area contributed by atoms with Crippen LogP contribution in [0.15, 0.2) is 18.2 Å². The van der Waals surface area contributed by atoms with Crippen LogP contribution in [0.5, 0.6) is 5.75 Å². The Morgan fingerprint density at radius 2 is 2.42 bits per heavy atom. The van der Waals surface area contributed by atoms with E-state index in [1.165, 1.54) is 17.7 Å². The van der Waals surface area contributed by atoms with Gasteiger partial charge in [0.05, 0.1) is 12.3 Å². The molecule has 1 atom stereocenters. The molecule has 0 radical (unpaired) electrons. The minimum Gasteiger partial charge on any atom is -0.489 e. The van der Waals surface area contributed by atoms with Gasteiger partial charge in [-0.25, -0.2) is 0 Å². The predicted octanol–water partition coefficient (Wildman–Crippen LogP) is 1.44. The van der Waals surface area contributed by atoms with Gasteiger partial charge in [0, 0.05) is 26.7 Å². The Bertz CT molecular complexity index is 430. The summed E-state index contributed by atoms with van der Waals surface area (Å²) in [6.45, 7) is 4.33. The first-order chi connectivity index (χ1) is 9.34. The highest BCUT2D eigenvalue weighted by Crippen LogP contribution is 2.35. The summed E-state index contributed by atoms with van der Waals surface area (Å²) in [5.41, 5.74) is 2.66. The van der Waals surface area contributed by atoms with Crippen molar-refractivity contribution >= 4 is 5.69 Å². The number of benzene rings is 1. The van der Waals surface area contributed by atoms with E-state index in [0.717, 1.165) is 38.4 Å². The zero-order valence-corrected chi connectivity index (χ0v) is 11.5. The smallest absolute Gasteiger partial charge is 0.143 e. The molecule has 3 rings (SSSR count). The standard InChI is InChI=1S/C15H22N2O2/c1-17-8-3-5-12-4-2-6-14(15(12)17)19-11-13-10-16-7-9-18-13/h2,4,6,13,16H,3,5,7-11H2,1H3. The molecule has 0 spiro atoms. The van der Waals surface area contributed by atoms with Crippen LogP contribution in [-0.2, 0) is 11.2 Å². The van der Waals surface area contributed by atoms with Gasteiger partial charge in [0.15, 0.2) is 0 Å². The first-order valence-corrected chi connectivity index (χ1v) is 7.13. The van der Waals surface area contributed by atoms with Crippen molar-refractivity contribution < 1.29 is 9.47 Å². The van der Waals surface area contributed by atoms with Crippen molar-refractivity contribution in [2.75, 3.05) is 44.8 Å². The van der Waals surface area contributed by atoms with Gasteiger partial charge < -0.3 is 19.7 Å². The molecule has 1 unspecified atom stereocenters. The Hall–Kier alpha value is -1.26. The Balaban J connectivity index is 1.70. The van der Waals surface area contributed by atoms with Gasteiger partial charge in [-0.15, -0.1) is 0 Å². The maximum Gasteiger partial charge on any atom is 0.143 e. The highest BCUT2D eigenvalue weighted by molar-refractivity contribution is 5.64. The summed E-state index contributed by atoms with van der Waals surface area (Å²) in [5.74, 6) is 0.994. The fourth-order valence-electron chi connectivity index (χ4n) is 2.85. The van der Waals surface area contributed by atoms with E-state index in [0.29, 0.717) is 6.61 Å². The van der Waals surface area contributed by atoms with Crippen LogP contribution in [0.4, 0.5) is 5.69 Å².